The number of nitrogens with zero attached hydrogens (tertiary/aromatic N) is 2. The first-order valence-corrected chi connectivity index (χ1v) is 11.7. The smallest absolute Gasteiger partial charge is 0.481 e. The molecule has 182 valence electrons. The van der Waals surface area contributed by atoms with E-state index in [1.54, 1.807) is 13.8 Å². The van der Waals surface area contributed by atoms with Gasteiger partial charge in [0.2, 0.25) is 5.76 Å². The topological polar surface area (TPSA) is 106 Å². The predicted molar refractivity (Wildman–Crippen MR) is 132 cm³/mol. The number of carbonyl (C=O) groups is 2. The van der Waals surface area contributed by atoms with Crippen LogP contribution >= 0.6 is 0 Å². The van der Waals surface area contributed by atoms with Crippen molar-refractivity contribution < 1.29 is 28.6 Å². The van der Waals surface area contributed by atoms with Gasteiger partial charge in [0.25, 0.3) is 0 Å². The molecule has 1 aliphatic rings. The number of carboxylic acids is 1. The summed E-state index contributed by atoms with van der Waals surface area (Å²) in [4.78, 5) is 24.1. The molecular weight excluding hydrogens is 458 g/mol. The highest BCUT2D eigenvalue weighted by molar-refractivity contribution is 5.85. The molecule has 1 atom stereocenters. The Balaban J connectivity index is 1.30. The third-order valence-electron chi connectivity index (χ3n) is 6.62. The molecule has 1 saturated carbocycles. The summed E-state index contributed by atoms with van der Waals surface area (Å²) < 4.78 is 12.3. The summed E-state index contributed by atoms with van der Waals surface area (Å²) in [6.07, 6.45) is 0.327. The lowest BCUT2D eigenvalue weighted by Gasteiger charge is -2.11. The Labute approximate surface area is 208 Å². The van der Waals surface area contributed by atoms with Crippen molar-refractivity contribution >= 4 is 17.9 Å². The van der Waals surface area contributed by atoms with E-state index in [1.807, 2.05) is 78.9 Å². The number of carboxylic acid groups (broad SMARTS) is 1. The molecule has 0 spiro atoms. The number of aryl methyl sites for hydroxylation is 1. The van der Waals surface area contributed by atoms with Gasteiger partial charge in [0, 0.05) is 6.92 Å². The number of nitrogens with one attached hydrogen (secondary N) is 1. The number of ether oxygens (including phenoxy) is 1. The zero-order valence-corrected chi connectivity index (χ0v) is 20.0. The fraction of sp³-hybridized carbons (Fsp3) is 0.214. The molecule has 0 radical (unpaired) electrons. The van der Waals surface area contributed by atoms with E-state index >= 15 is 0 Å². The Kier molecular flexibility index (Phi) is 6.01. The Morgan fingerprint density at radius 1 is 1.00 bits per heavy atom. The average molecular weight is 485 g/mol. The first kappa shape index (κ1) is 23.3. The van der Waals surface area contributed by atoms with E-state index in [-0.39, 0.29) is 0 Å². The van der Waals surface area contributed by atoms with Crippen LogP contribution in [0, 0.1) is 6.92 Å². The molecule has 0 aliphatic heterocycles. The molecule has 1 fully saturated rings. The van der Waals surface area contributed by atoms with Crippen molar-refractivity contribution in [1.29, 1.82) is 0 Å². The molecule has 2 N–H and O–H groups in total. The molecule has 1 aliphatic carbocycles. The summed E-state index contributed by atoms with van der Waals surface area (Å²) in [5.41, 5.74) is 3.66. The minimum atomic E-state index is -0.762. The molecule has 0 saturated heterocycles. The quantitative estimate of drug-likeness (QED) is 0.343. The summed E-state index contributed by atoms with van der Waals surface area (Å²) in [7, 11) is 0. The van der Waals surface area contributed by atoms with E-state index in [4.69, 9.17) is 9.26 Å². The molecule has 5 rings (SSSR count). The molecule has 1 unspecified atom stereocenters. The maximum atomic E-state index is 12.6. The molecule has 4 aromatic rings. The van der Waals surface area contributed by atoms with Gasteiger partial charge in [0.05, 0.1) is 5.41 Å². The van der Waals surface area contributed by atoms with Gasteiger partial charge in [-0.1, -0.05) is 71.4 Å². The Morgan fingerprint density at radius 2 is 1.61 bits per heavy atom. The molecule has 0 bridgehead atoms. The summed E-state index contributed by atoms with van der Waals surface area (Å²) in [6.45, 7) is 3.51. The number of aliphatic carboxylic acids is 1. The SMILES string of the molecule is Cc1on[n+](-c2ccc(-c3ccc(C4(C(=O)O)CC4)cc3)cc2)c1NC(=O)OC(C)c1ccccc1. The number of anilines is 1. The minimum Gasteiger partial charge on any atom is -0.481 e. The molecule has 1 heterocycles. The molecule has 1 aromatic heterocycles. The fourth-order valence-corrected chi connectivity index (χ4v) is 4.26. The van der Waals surface area contributed by atoms with E-state index in [2.05, 4.69) is 10.6 Å². The Morgan fingerprint density at radius 3 is 2.19 bits per heavy atom. The largest absolute Gasteiger partial charge is 0.505 e. The third kappa shape index (κ3) is 4.45. The van der Waals surface area contributed by atoms with Gasteiger partial charge >= 0.3 is 17.9 Å². The first-order chi connectivity index (χ1) is 17.4. The lowest BCUT2D eigenvalue weighted by molar-refractivity contribution is -0.657. The number of amides is 1. The van der Waals surface area contributed by atoms with Gasteiger partial charge in [-0.05, 0) is 54.2 Å². The van der Waals surface area contributed by atoms with E-state index < -0.39 is 23.6 Å². The minimum absolute atomic E-state index is 0.376. The van der Waals surface area contributed by atoms with Crippen LogP contribution in [0.3, 0.4) is 0 Å². The monoisotopic (exact) mass is 484 g/mol. The molecule has 8 heteroatoms. The zero-order valence-electron chi connectivity index (χ0n) is 20.0. The highest BCUT2D eigenvalue weighted by Crippen LogP contribution is 2.48. The van der Waals surface area contributed by atoms with Gasteiger partial charge in [-0.3, -0.25) is 4.79 Å². The van der Waals surface area contributed by atoms with Crippen molar-refractivity contribution in [3.63, 3.8) is 0 Å². The predicted octanol–water partition coefficient (Wildman–Crippen LogP) is 5.35. The number of benzene rings is 3. The molecule has 8 nitrogen and oxygen atoms in total. The highest BCUT2D eigenvalue weighted by atomic mass is 16.6. The summed E-state index contributed by atoms with van der Waals surface area (Å²) in [6, 6.07) is 24.8. The Hall–Kier alpha value is -4.46. The number of rotatable bonds is 7. The summed E-state index contributed by atoms with van der Waals surface area (Å²) in [5, 5.41) is 16.3. The standard InChI is InChI=1S/C28H25N3O5/c1-18(20-6-4-3-5-7-20)35-27(34)29-25-19(2)36-30-31(25)24-14-10-22(11-15-24)21-8-12-23(13-9-21)28(16-17-28)26(32)33/h3-15,18H,16-17H2,1-2H3,(H-,29,32,33,34)/p+1. The lowest BCUT2D eigenvalue weighted by Crippen LogP contribution is -2.37. The van der Waals surface area contributed by atoms with E-state index in [0.29, 0.717) is 30.1 Å². The normalized spacial score (nSPS) is 14.6. The molecule has 1 amide bonds. The van der Waals surface area contributed by atoms with Gasteiger partial charge in [-0.2, -0.15) is 10.1 Å². The number of carbonyl (C=O) groups excluding carboxylic acids is 1. The highest BCUT2D eigenvalue weighted by Gasteiger charge is 2.51. The fourth-order valence-electron chi connectivity index (χ4n) is 4.26. The average Bonchev–Trinajstić information content (AvgIpc) is 3.64. The zero-order chi connectivity index (χ0) is 25.3. The van der Waals surface area contributed by atoms with Crippen LogP contribution in [0.15, 0.2) is 83.4 Å². The van der Waals surface area contributed by atoms with Crippen molar-refractivity contribution in [2.75, 3.05) is 5.32 Å². The molecular formula is C28H26N3O5+. The van der Waals surface area contributed by atoms with Gasteiger partial charge < -0.3 is 14.4 Å². The third-order valence-corrected chi connectivity index (χ3v) is 6.62. The second kappa shape index (κ2) is 9.30. The van der Waals surface area contributed by atoms with Crippen molar-refractivity contribution in [3.05, 3.63) is 95.7 Å². The maximum absolute atomic E-state index is 12.6. The second-order valence-corrected chi connectivity index (χ2v) is 8.98. The Bertz CT molecular complexity index is 1390. The van der Waals surface area contributed by atoms with Crippen molar-refractivity contribution in [2.24, 2.45) is 0 Å². The first-order valence-electron chi connectivity index (χ1n) is 11.7. The maximum Gasteiger partial charge on any atom is 0.505 e. The molecule has 36 heavy (non-hydrogen) atoms. The van der Waals surface area contributed by atoms with Crippen LogP contribution in [0.25, 0.3) is 16.8 Å². The van der Waals surface area contributed by atoms with Crippen LogP contribution in [0.2, 0.25) is 0 Å². The van der Waals surface area contributed by atoms with Crippen LogP contribution in [0.4, 0.5) is 10.6 Å². The van der Waals surface area contributed by atoms with Gasteiger partial charge in [0.15, 0.2) is 5.69 Å². The van der Waals surface area contributed by atoms with E-state index in [9.17, 15) is 14.7 Å². The molecule has 3 aromatic carbocycles. The van der Waals surface area contributed by atoms with Crippen molar-refractivity contribution in [3.8, 4) is 16.8 Å². The van der Waals surface area contributed by atoms with E-state index in [0.717, 1.165) is 22.3 Å². The summed E-state index contributed by atoms with van der Waals surface area (Å²) in [5.74, 6) is 0.0505. The van der Waals surface area contributed by atoms with E-state index in [1.165, 1.54) is 4.68 Å². The van der Waals surface area contributed by atoms with Crippen LogP contribution < -0.4 is 10.00 Å². The number of aromatic nitrogens is 2. The van der Waals surface area contributed by atoms with Crippen molar-refractivity contribution in [2.45, 2.75) is 38.2 Å². The van der Waals surface area contributed by atoms with Crippen molar-refractivity contribution in [1.82, 2.24) is 5.27 Å². The van der Waals surface area contributed by atoms with Gasteiger partial charge in [-0.25, -0.2) is 0 Å². The van der Waals surface area contributed by atoms with Gasteiger partial charge in [-0.15, -0.1) is 0 Å². The second-order valence-electron chi connectivity index (χ2n) is 8.98. The number of hydrogen-bond donors (Lipinski definition) is 2. The van der Waals surface area contributed by atoms with Crippen LogP contribution in [-0.4, -0.2) is 22.4 Å². The van der Waals surface area contributed by atoms with Crippen LogP contribution in [-0.2, 0) is 14.9 Å². The van der Waals surface area contributed by atoms with Crippen LogP contribution in [0.5, 0.6) is 0 Å². The van der Waals surface area contributed by atoms with Crippen LogP contribution in [0.1, 0.15) is 42.8 Å². The van der Waals surface area contributed by atoms with Gasteiger partial charge in [0.1, 0.15) is 11.4 Å². The number of hydrogen-bond acceptors (Lipinski definition) is 5. The summed E-state index contributed by atoms with van der Waals surface area (Å²) >= 11 is 0. The lowest BCUT2D eigenvalue weighted by atomic mass is 9.94.